The minimum Gasteiger partial charge on any atom is -0.394 e. The smallest absolute Gasteiger partial charge is 0.249 e. The molecule has 1 aliphatic heterocycles. The van der Waals surface area contributed by atoms with Crippen LogP contribution in [-0.4, -0.2) is 110 Å². The van der Waals surface area contributed by atoms with Crippen molar-refractivity contribution < 1.29 is 50.0 Å². The molecule has 0 aromatic carbocycles. The van der Waals surface area contributed by atoms with Crippen LogP contribution in [0.3, 0.4) is 0 Å². The Hall–Kier alpha value is -1.15. The van der Waals surface area contributed by atoms with Crippen molar-refractivity contribution in [2.45, 2.75) is 274 Å². The van der Waals surface area contributed by atoms with Crippen molar-refractivity contribution in [1.82, 2.24) is 5.32 Å². The molecule has 0 bridgehead atoms. The van der Waals surface area contributed by atoms with E-state index >= 15 is 0 Å². The predicted octanol–water partition coefficient (Wildman–Crippen LogP) is 8.45. The van der Waals surface area contributed by atoms with Gasteiger partial charge in [-0.3, -0.25) is 4.79 Å². The van der Waals surface area contributed by atoms with Crippen LogP contribution in [0.15, 0.2) is 12.2 Å². The quantitative estimate of drug-likeness (QED) is 0.0219. The van der Waals surface area contributed by atoms with Crippen LogP contribution in [0.2, 0.25) is 0 Å². The molecule has 1 saturated heterocycles. The van der Waals surface area contributed by atoms with Crippen molar-refractivity contribution in [3.05, 3.63) is 12.2 Å². The van der Waals surface area contributed by atoms with E-state index in [0.717, 1.165) is 51.4 Å². The van der Waals surface area contributed by atoms with Gasteiger partial charge in [0.15, 0.2) is 6.29 Å². The van der Waals surface area contributed by atoms with Gasteiger partial charge in [0, 0.05) is 0 Å². The number of rotatable bonds is 41. The second-order valence-electron chi connectivity index (χ2n) is 17.5. The van der Waals surface area contributed by atoms with Gasteiger partial charge < -0.3 is 50.5 Å². The number of amides is 1. The van der Waals surface area contributed by atoms with Crippen LogP contribution in [0.1, 0.15) is 219 Å². The molecule has 1 fully saturated rings. The first-order valence-electron chi connectivity index (χ1n) is 24.6. The molecule has 1 heterocycles. The number of unbranched alkanes of at least 4 members (excludes halogenated alkanes) is 27. The van der Waals surface area contributed by atoms with Gasteiger partial charge in [0.05, 0.1) is 25.4 Å². The Bertz CT molecular complexity index is 970. The lowest BCUT2D eigenvalue weighted by Crippen LogP contribution is -2.60. The van der Waals surface area contributed by atoms with Gasteiger partial charge in [-0.1, -0.05) is 193 Å². The molecule has 11 heteroatoms. The van der Waals surface area contributed by atoms with Crippen molar-refractivity contribution in [1.29, 1.82) is 0 Å². The number of ether oxygens (including phenoxy) is 2. The number of hydrogen-bond acceptors (Lipinski definition) is 10. The average Bonchev–Trinajstić information content (AvgIpc) is 3.23. The van der Waals surface area contributed by atoms with Crippen molar-refractivity contribution in [2.75, 3.05) is 13.2 Å². The van der Waals surface area contributed by atoms with Gasteiger partial charge in [-0.2, -0.15) is 0 Å². The van der Waals surface area contributed by atoms with Crippen molar-refractivity contribution >= 4 is 5.91 Å². The Kier molecular flexibility index (Phi) is 36.5. The van der Waals surface area contributed by atoms with Crippen LogP contribution in [0.5, 0.6) is 0 Å². The maximum atomic E-state index is 13.1. The van der Waals surface area contributed by atoms with Gasteiger partial charge >= 0.3 is 0 Å². The lowest BCUT2D eigenvalue weighted by Gasteiger charge is -2.40. The summed E-state index contributed by atoms with van der Waals surface area (Å²) in [6.07, 6.45) is 29.7. The molecule has 0 radical (unpaired) electrons. The minimum absolute atomic E-state index is 0.255. The fourth-order valence-electron chi connectivity index (χ4n) is 7.96. The maximum Gasteiger partial charge on any atom is 0.249 e. The molecule has 1 aliphatic rings. The van der Waals surface area contributed by atoms with Gasteiger partial charge in [0.2, 0.25) is 5.91 Å². The lowest BCUT2D eigenvalue weighted by atomic mass is 9.98. The number of aliphatic hydroxyl groups excluding tert-OH is 7. The van der Waals surface area contributed by atoms with Crippen LogP contribution in [0, 0.1) is 0 Å². The van der Waals surface area contributed by atoms with E-state index in [1.807, 2.05) is 0 Å². The molecule has 350 valence electrons. The summed E-state index contributed by atoms with van der Waals surface area (Å²) in [4.78, 5) is 13.1. The first kappa shape index (κ1) is 55.9. The predicted molar refractivity (Wildman–Crippen MR) is 238 cm³/mol. The summed E-state index contributed by atoms with van der Waals surface area (Å²) in [5, 5.41) is 75.7. The third kappa shape index (κ3) is 28.2. The monoisotopic (exact) mass is 844 g/mol. The fourth-order valence-corrected chi connectivity index (χ4v) is 7.96. The van der Waals surface area contributed by atoms with Crippen LogP contribution in [-0.2, 0) is 14.3 Å². The van der Waals surface area contributed by atoms with E-state index in [9.17, 15) is 40.5 Å². The maximum absolute atomic E-state index is 13.1. The number of carbonyl (C=O) groups excluding carboxylic acids is 1. The molecule has 11 nitrogen and oxygen atoms in total. The summed E-state index contributed by atoms with van der Waals surface area (Å²) in [6, 6.07) is -1.17. The molecule has 8 N–H and O–H groups in total. The van der Waals surface area contributed by atoms with Crippen molar-refractivity contribution in [3.8, 4) is 0 Å². The highest BCUT2D eigenvalue weighted by Crippen LogP contribution is 2.23. The first-order chi connectivity index (χ1) is 28.7. The van der Waals surface area contributed by atoms with Crippen LogP contribution >= 0.6 is 0 Å². The van der Waals surface area contributed by atoms with Gasteiger partial charge in [-0.05, 0) is 38.5 Å². The third-order valence-corrected chi connectivity index (χ3v) is 12.1. The number of allylic oxidation sites excluding steroid dienone is 2. The second-order valence-corrected chi connectivity index (χ2v) is 17.5. The van der Waals surface area contributed by atoms with Gasteiger partial charge in [-0.25, -0.2) is 0 Å². The number of hydrogen-bond donors (Lipinski definition) is 8. The van der Waals surface area contributed by atoms with E-state index in [4.69, 9.17) is 9.47 Å². The highest BCUT2D eigenvalue weighted by molar-refractivity contribution is 5.80. The molecule has 0 aliphatic carbocycles. The highest BCUT2D eigenvalue weighted by atomic mass is 16.7. The zero-order chi connectivity index (χ0) is 43.4. The summed E-state index contributed by atoms with van der Waals surface area (Å²) in [5.74, 6) is -0.700. The SMILES string of the molecule is CCCCCCCCCCCC/C=C\CCCCCCCCC(O)C(=O)NC(COC1OC(CO)C(O)C(O)C1O)C(O)C(O)CCCCCCCCCCCCCC. The lowest BCUT2D eigenvalue weighted by molar-refractivity contribution is -0.303. The topological polar surface area (TPSA) is 189 Å². The van der Waals surface area contributed by atoms with Gasteiger partial charge in [0.1, 0.15) is 36.6 Å². The van der Waals surface area contributed by atoms with Gasteiger partial charge in [-0.15, -0.1) is 0 Å². The van der Waals surface area contributed by atoms with E-state index in [2.05, 4.69) is 31.3 Å². The summed E-state index contributed by atoms with van der Waals surface area (Å²) in [5.41, 5.74) is 0. The molecule has 0 saturated carbocycles. The Morgan fingerprint density at radius 1 is 0.576 bits per heavy atom. The average molecular weight is 844 g/mol. The molecular formula is C48H93NO10. The fraction of sp³-hybridized carbons (Fsp3) is 0.938. The summed E-state index contributed by atoms with van der Waals surface area (Å²) in [6.45, 7) is 3.44. The Balaban J connectivity index is 2.39. The van der Waals surface area contributed by atoms with E-state index < -0.39 is 74.2 Å². The molecule has 9 unspecified atom stereocenters. The molecule has 9 atom stereocenters. The Morgan fingerprint density at radius 3 is 1.42 bits per heavy atom. The Labute approximate surface area is 360 Å². The number of nitrogens with one attached hydrogen (secondary N) is 1. The standard InChI is InChI=1S/C48H93NO10/c1-3-5-7-9-11-13-15-17-18-19-20-21-22-23-24-26-28-30-32-34-36-41(52)47(57)49-39(38-58-48-46(56)45(55)44(54)42(37-50)59-48)43(53)40(51)35-33-31-29-27-25-16-14-12-10-8-6-4-2/h21-22,39-46,48,50-56H,3-20,23-38H2,1-2H3,(H,49,57)/b22-21-. The van der Waals surface area contributed by atoms with Crippen LogP contribution < -0.4 is 5.32 Å². The second kappa shape index (κ2) is 38.5. The normalized spacial score (nSPS) is 21.8. The third-order valence-electron chi connectivity index (χ3n) is 12.1. The molecule has 1 rings (SSSR count). The van der Waals surface area contributed by atoms with E-state index in [-0.39, 0.29) is 6.42 Å². The molecule has 0 aromatic rings. The largest absolute Gasteiger partial charge is 0.394 e. The number of aliphatic hydroxyl groups is 7. The van der Waals surface area contributed by atoms with Gasteiger partial charge in [0.25, 0.3) is 0 Å². The zero-order valence-electron chi connectivity index (χ0n) is 37.7. The zero-order valence-corrected chi connectivity index (χ0v) is 37.7. The summed E-state index contributed by atoms with van der Waals surface area (Å²) >= 11 is 0. The van der Waals surface area contributed by atoms with Crippen molar-refractivity contribution in [2.24, 2.45) is 0 Å². The summed E-state index contributed by atoms with van der Waals surface area (Å²) < 4.78 is 11.1. The van der Waals surface area contributed by atoms with E-state index in [0.29, 0.717) is 19.3 Å². The minimum atomic E-state index is -1.66. The molecule has 0 spiro atoms. The van der Waals surface area contributed by atoms with E-state index in [1.165, 1.54) is 128 Å². The van der Waals surface area contributed by atoms with Crippen LogP contribution in [0.25, 0.3) is 0 Å². The number of carbonyl (C=O) groups is 1. The van der Waals surface area contributed by atoms with Crippen LogP contribution in [0.4, 0.5) is 0 Å². The van der Waals surface area contributed by atoms with E-state index in [1.54, 1.807) is 0 Å². The molecular weight excluding hydrogens is 751 g/mol. The molecule has 59 heavy (non-hydrogen) atoms. The van der Waals surface area contributed by atoms with Crippen molar-refractivity contribution in [3.63, 3.8) is 0 Å². The highest BCUT2D eigenvalue weighted by Gasteiger charge is 2.44. The molecule has 1 amide bonds. The summed E-state index contributed by atoms with van der Waals surface area (Å²) in [7, 11) is 0. The Morgan fingerprint density at radius 2 is 0.983 bits per heavy atom. The molecule has 0 aromatic heterocycles. The first-order valence-corrected chi connectivity index (χ1v) is 24.6.